The van der Waals surface area contributed by atoms with Gasteiger partial charge in [-0.1, -0.05) is 11.2 Å². The van der Waals surface area contributed by atoms with E-state index in [-0.39, 0.29) is 12.1 Å². The number of carbonyl (C=O) groups excluding carboxylic acids is 1. The predicted molar refractivity (Wildman–Crippen MR) is 106 cm³/mol. The number of rotatable bonds is 5. The van der Waals surface area contributed by atoms with Gasteiger partial charge in [-0.05, 0) is 50.3 Å². The van der Waals surface area contributed by atoms with Crippen LogP contribution in [0.15, 0.2) is 29.0 Å². The molecule has 0 saturated carbocycles. The molecule has 1 fully saturated rings. The number of nitrogens with zero attached hydrogens (tertiary/aromatic N) is 4. The molecule has 1 atom stereocenters. The lowest BCUT2D eigenvalue weighted by Gasteiger charge is -2.34. The van der Waals surface area contributed by atoms with E-state index < -0.39 is 0 Å². The largest absolute Gasteiger partial charge is 0.361 e. The number of likely N-dealkylation sites (tertiary alicyclic amines) is 1. The van der Waals surface area contributed by atoms with Gasteiger partial charge in [-0.3, -0.25) is 9.88 Å². The summed E-state index contributed by atoms with van der Waals surface area (Å²) in [6.07, 6.45) is 10.1. The van der Waals surface area contributed by atoms with Gasteiger partial charge in [0.15, 0.2) is 0 Å². The second-order valence-electron chi connectivity index (χ2n) is 7.98. The van der Waals surface area contributed by atoms with E-state index in [0.29, 0.717) is 6.54 Å². The van der Waals surface area contributed by atoms with Crippen LogP contribution in [0, 0.1) is 0 Å². The van der Waals surface area contributed by atoms with Gasteiger partial charge in [-0.15, -0.1) is 0 Å². The number of nitrogens with one attached hydrogen (secondary N) is 1. The Labute approximate surface area is 166 Å². The van der Waals surface area contributed by atoms with Crippen molar-refractivity contribution in [2.24, 2.45) is 0 Å². The molecular formula is C21H29N5O2. The van der Waals surface area contributed by atoms with Crippen LogP contribution in [0.2, 0.25) is 0 Å². The zero-order chi connectivity index (χ0) is 19.3. The number of aromatic nitrogens is 2. The number of aryl methyl sites for hydroxylation is 1. The number of carbonyl (C=O) groups is 1. The Morgan fingerprint density at radius 1 is 1.36 bits per heavy atom. The molecule has 1 aliphatic heterocycles. The van der Waals surface area contributed by atoms with E-state index in [0.717, 1.165) is 63.2 Å². The molecule has 1 N–H and O–H groups in total. The molecule has 2 aliphatic rings. The molecule has 2 amide bonds. The van der Waals surface area contributed by atoms with E-state index in [9.17, 15) is 4.79 Å². The lowest BCUT2D eigenvalue weighted by molar-refractivity contribution is 0.166. The number of urea groups is 1. The molecule has 1 unspecified atom stereocenters. The van der Waals surface area contributed by atoms with E-state index >= 15 is 0 Å². The van der Waals surface area contributed by atoms with E-state index in [1.54, 1.807) is 11.1 Å². The summed E-state index contributed by atoms with van der Waals surface area (Å²) in [5.74, 6) is 1.01. The second kappa shape index (κ2) is 8.73. The van der Waals surface area contributed by atoms with Gasteiger partial charge in [-0.25, -0.2) is 4.79 Å². The SMILES string of the molecule is CN(Cc1noc2c1CCCC2)C(=O)NC1CCCN(Cc2cccnc2)C1. The Hall–Kier alpha value is -2.41. The van der Waals surface area contributed by atoms with Gasteiger partial charge >= 0.3 is 6.03 Å². The van der Waals surface area contributed by atoms with Crippen molar-refractivity contribution < 1.29 is 9.32 Å². The van der Waals surface area contributed by atoms with E-state index in [1.807, 2.05) is 19.3 Å². The highest BCUT2D eigenvalue weighted by Gasteiger charge is 2.25. The Morgan fingerprint density at radius 2 is 2.25 bits per heavy atom. The van der Waals surface area contributed by atoms with Crippen molar-refractivity contribution in [3.8, 4) is 0 Å². The van der Waals surface area contributed by atoms with Crippen LogP contribution in [-0.2, 0) is 25.9 Å². The van der Waals surface area contributed by atoms with Gasteiger partial charge in [0.1, 0.15) is 11.5 Å². The first-order chi connectivity index (χ1) is 13.7. The van der Waals surface area contributed by atoms with Gasteiger partial charge in [0, 0.05) is 50.6 Å². The summed E-state index contributed by atoms with van der Waals surface area (Å²) < 4.78 is 5.47. The fraction of sp³-hybridized carbons (Fsp3) is 0.571. The van der Waals surface area contributed by atoms with Crippen molar-refractivity contribution in [3.05, 3.63) is 47.1 Å². The fourth-order valence-electron chi connectivity index (χ4n) is 4.22. The molecule has 28 heavy (non-hydrogen) atoms. The van der Waals surface area contributed by atoms with Crippen molar-refractivity contribution in [1.29, 1.82) is 0 Å². The summed E-state index contributed by atoms with van der Waals surface area (Å²) in [5, 5.41) is 7.41. The first-order valence-electron chi connectivity index (χ1n) is 10.3. The zero-order valence-corrected chi connectivity index (χ0v) is 16.6. The Bertz CT molecular complexity index is 791. The van der Waals surface area contributed by atoms with Gasteiger partial charge in [-0.2, -0.15) is 0 Å². The monoisotopic (exact) mass is 383 g/mol. The maximum absolute atomic E-state index is 12.7. The van der Waals surface area contributed by atoms with Gasteiger partial charge in [0.2, 0.25) is 0 Å². The highest BCUT2D eigenvalue weighted by molar-refractivity contribution is 5.74. The molecule has 0 bridgehead atoms. The average molecular weight is 383 g/mol. The van der Waals surface area contributed by atoms with E-state index in [2.05, 4.69) is 26.4 Å². The fourth-order valence-corrected chi connectivity index (χ4v) is 4.22. The minimum atomic E-state index is -0.0409. The molecule has 1 aliphatic carbocycles. The summed E-state index contributed by atoms with van der Waals surface area (Å²) >= 11 is 0. The van der Waals surface area contributed by atoms with Crippen LogP contribution in [0.4, 0.5) is 4.79 Å². The van der Waals surface area contributed by atoms with Gasteiger partial charge < -0.3 is 14.7 Å². The standard InChI is InChI=1S/C21H29N5O2/c1-25(15-19-18-8-2-3-9-20(18)28-24-19)21(27)23-17-7-5-11-26(14-17)13-16-6-4-10-22-12-16/h4,6,10,12,17H,2-3,5,7-9,11,13-15H2,1H3,(H,23,27). The first kappa shape index (κ1) is 18.9. The van der Waals surface area contributed by atoms with Crippen molar-refractivity contribution in [3.63, 3.8) is 0 Å². The van der Waals surface area contributed by atoms with Crippen LogP contribution < -0.4 is 5.32 Å². The third-order valence-corrected chi connectivity index (χ3v) is 5.73. The van der Waals surface area contributed by atoms with Crippen LogP contribution in [0.1, 0.15) is 48.3 Å². The molecule has 2 aromatic rings. The third-order valence-electron chi connectivity index (χ3n) is 5.73. The smallest absolute Gasteiger partial charge is 0.317 e. The maximum Gasteiger partial charge on any atom is 0.317 e. The van der Waals surface area contributed by atoms with Crippen LogP contribution in [-0.4, -0.2) is 52.2 Å². The number of hydrogen-bond donors (Lipinski definition) is 1. The molecular weight excluding hydrogens is 354 g/mol. The topological polar surface area (TPSA) is 74.5 Å². The quantitative estimate of drug-likeness (QED) is 0.859. The molecule has 3 heterocycles. The number of piperidine rings is 1. The zero-order valence-electron chi connectivity index (χ0n) is 16.6. The van der Waals surface area contributed by atoms with Crippen LogP contribution in [0.5, 0.6) is 0 Å². The number of pyridine rings is 1. The summed E-state index contributed by atoms with van der Waals surface area (Å²) in [6.45, 7) is 3.30. The van der Waals surface area contributed by atoms with Crippen molar-refractivity contribution in [2.45, 2.75) is 57.7 Å². The van der Waals surface area contributed by atoms with Crippen molar-refractivity contribution in [1.82, 2.24) is 25.3 Å². The summed E-state index contributed by atoms with van der Waals surface area (Å²) in [4.78, 5) is 21.0. The summed E-state index contributed by atoms with van der Waals surface area (Å²) in [5.41, 5.74) is 3.34. The molecule has 1 saturated heterocycles. The number of hydrogen-bond acceptors (Lipinski definition) is 5. The molecule has 7 heteroatoms. The average Bonchev–Trinajstić information content (AvgIpc) is 3.12. The number of fused-ring (bicyclic) bond motifs is 1. The Morgan fingerprint density at radius 3 is 3.11 bits per heavy atom. The van der Waals surface area contributed by atoms with E-state index in [4.69, 9.17) is 4.52 Å². The van der Waals surface area contributed by atoms with Crippen molar-refractivity contribution in [2.75, 3.05) is 20.1 Å². The molecule has 0 aromatic carbocycles. The van der Waals surface area contributed by atoms with Crippen LogP contribution in [0.3, 0.4) is 0 Å². The molecule has 150 valence electrons. The summed E-state index contributed by atoms with van der Waals surface area (Å²) in [6, 6.07) is 4.20. The molecule has 0 radical (unpaired) electrons. The highest BCUT2D eigenvalue weighted by atomic mass is 16.5. The predicted octanol–water partition coefficient (Wildman–Crippen LogP) is 2.75. The van der Waals surface area contributed by atoms with E-state index in [1.165, 1.54) is 17.5 Å². The van der Waals surface area contributed by atoms with Gasteiger partial charge in [0.25, 0.3) is 0 Å². The normalized spacial score (nSPS) is 19.8. The molecule has 2 aromatic heterocycles. The molecule has 0 spiro atoms. The minimum Gasteiger partial charge on any atom is -0.361 e. The lowest BCUT2D eigenvalue weighted by atomic mass is 9.96. The van der Waals surface area contributed by atoms with Crippen LogP contribution >= 0.6 is 0 Å². The van der Waals surface area contributed by atoms with Crippen molar-refractivity contribution >= 4 is 6.03 Å². The van der Waals surface area contributed by atoms with Crippen LogP contribution in [0.25, 0.3) is 0 Å². The highest BCUT2D eigenvalue weighted by Crippen LogP contribution is 2.25. The third kappa shape index (κ3) is 4.52. The number of amides is 2. The second-order valence-corrected chi connectivity index (χ2v) is 7.98. The Balaban J connectivity index is 1.29. The minimum absolute atomic E-state index is 0.0409. The molecule has 4 rings (SSSR count). The van der Waals surface area contributed by atoms with Gasteiger partial charge in [0.05, 0.1) is 6.54 Å². The Kier molecular flexibility index (Phi) is 5.90. The summed E-state index contributed by atoms with van der Waals surface area (Å²) in [7, 11) is 1.83. The first-order valence-corrected chi connectivity index (χ1v) is 10.3. The molecule has 7 nitrogen and oxygen atoms in total. The maximum atomic E-state index is 12.7. The lowest BCUT2D eigenvalue weighted by Crippen LogP contribution is -2.50.